The Morgan fingerprint density at radius 1 is 1.16 bits per heavy atom. The van der Waals surface area contributed by atoms with Gasteiger partial charge in [0.25, 0.3) is 0 Å². The second-order valence-corrected chi connectivity index (χ2v) is 9.50. The van der Waals surface area contributed by atoms with Crippen molar-refractivity contribution in [3.8, 4) is 11.4 Å². The number of carbonyl (C=O) groups excluding carboxylic acids is 1. The number of hydrogen-bond acceptors (Lipinski definition) is 9. The molecule has 0 saturated carbocycles. The fraction of sp³-hybridized carbons (Fsp3) is 0.364. The molecule has 0 atom stereocenters. The first-order chi connectivity index (χ1) is 15.2. The van der Waals surface area contributed by atoms with Crippen LogP contribution in [0.2, 0.25) is 0 Å². The van der Waals surface area contributed by atoms with Crippen LogP contribution in [0, 0.1) is 13.8 Å². The van der Waals surface area contributed by atoms with Crippen molar-refractivity contribution in [2.75, 3.05) is 17.2 Å². The molecule has 0 spiro atoms. The number of aromatic nitrogens is 5. The van der Waals surface area contributed by atoms with E-state index in [4.69, 9.17) is 4.52 Å². The number of amides is 1. The Morgan fingerprint density at radius 3 is 2.66 bits per heavy atom. The molecule has 3 aromatic heterocycles. The van der Waals surface area contributed by atoms with Gasteiger partial charge in [0.05, 0.1) is 11.2 Å². The van der Waals surface area contributed by atoms with Gasteiger partial charge >= 0.3 is 0 Å². The summed E-state index contributed by atoms with van der Waals surface area (Å²) in [4.78, 5) is 31.0. The Labute approximate surface area is 189 Å². The predicted molar refractivity (Wildman–Crippen MR) is 125 cm³/mol. The zero-order valence-corrected chi connectivity index (χ0v) is 19.5. The average molecular weight is 452 g/mol. The lowest BCUT2D eigenvalue weighted by Crippen LogP contribution is -2.16. The van der Waals surface area contributed by atoms with Crippen molar-refractivity contribution in [2.45, 2.75) is 46.5 Å². The molecule has 3 heterocycles. The molecule has 0 saturated heterocycles. The number of anilines is 2. The van der Waals surface area contributed by atoms with Gasteiger partial charge in [0.1, 0.15) is 12.1 Å². The lowest BCUT2D eigenvalue weighted by Gasteiger charge is -2.16. The molecule has 0 aliphatic carbocycles. The summed E-state index contributed by atoms with van der Waals surface area (Å²) in [5.41, 5.74) is 2.54. The minimum atomic E-state index is -0.104. The third kappa shape index (κ3) is 4.75. The van der Waals surface area contributed by atoms with Gasteiger partial charge in [-0.25, -0.2) is 15.0 Å². The number of nitrogens with zero attached hydrogens (tertiary/aromatic N) is 5. The molecule has 0 radical (unpaired) electrons. The van der Waals surface area contributed by atoms with Gasteiger partial charge in [-0.3, -0.25) is 4.79 Å². The molecule has 1 aromatic carbocycles. The van der Waals surface area contributed by atoms with Crippen molar-refractivity contribution in [2.24, 2.45) is 0 Å². The highest BCUT2D eigenvalue weighted by Gasteiger charge is 2.21. The van der Waals surface area contributed by atoms with E-state index in [1.54, 1.807) is 6.92 Å². The summed E-state index contributed by atoms with van der Waals surface area (Å²) in [5.74, 6) is 1.55. The van der Waals surface area contributed by atoms with Gasteiger partial charge < -0.3 is 15.2 Å². The quantitative estimate of drug-likeness (QED) is 0.440. The van der Waals surface area contributed by atoms with Crippen LogP contribution in [-0.4, -0.2) is 37.5 Å². The summed E-state index contributed by atoms with van der Waals surface area (Å²) in [7, 11) is 0. The molecule has 0 aliphatic heterocycles. The van der Waals surface area contributed by atoms with Crippen LogP contribution >= 0.6 is 11.3 Å². The number of benzene rings is 1. The number of rotatable bonds is 6. The van der Waals surface area contributed by atoms with Gasteiger partial charge in [0, 0.05) is 35.7 Å². The highest BCUT2D eigenvalue weighted by Crippen LogP contribution is 2.33. The molecular formula is C22H25N7O2S. The maximum absolute atomic E-state index is 12.4. The fourth-order valence-corrected chi connectivity index (χ4v) is 4.42. The van der Waals surface area contributed by atoms with Gasteiger partial charge in [0.2, 0.25) is 17.6 Å². The van der Waals surface area contributed by atoms with Crippen LogP contribution in [0.1, 0.15) is 43.7 Å². The third-order valence-corrected chi connectivity index (χ3v) is 6.29. The van der Waals surface area contributed by atoms with Crippen LogP contribution in [-0.2, 0) is 10.2 Å². The Hall–Kier alpha value is -3.40. The first kappa shape index (κ1) is 21.8. The number of thiazole rings is 1. The molecule has 32 heavy (non-hydrogen) atoms. The van der Waals surface area contributed by atoms with Crippen molar-refractivity contribution in [1.29, 1.82) is 0 Å². The SMILES string of the molecule is Cc1nc(-c2ccc3ncnc(NCCC(=O)Nc4nc(C)c(C(C)(C)C)s4)c3c2)no1. The molecule has 9 nitrogen and oxygen atoms in total. The van der Waals surface area contributed by atoms with Crippen LogP contribution in [0.5, 0.6) is 0 Å². The van der Waals surface area contributed by atoms with E-state index in [-0.39, 0.29) is 17.7 Å². The zero-order chi connectivity index (χ0) is 22.9. The molecule has 4 rings (SSSR count). The predicted octanol–water partition coefficient (Wildman–Crippen LogP) is 4.49. The molecule has 1 amide bonds. The minimum Gasteiger partial charge on any atom is -0.369 e. The first-order valence-corrected chi connectivity index (χ1v) is 11.1. The van der Waals surface area contributed by atoms with Crippen molar-refractivity contribution >= 4 is 39.1 Å². The van der Waals surface area contributed by atoms with Crippen molar-refractivity contribution in [1.82, 2.24) is 25.1 Å². The number of aryl methyl sites for hydroxylation is 2. The maximum Gasteiger partial charge on any atom is 0.227 e. The summed E-state index contributed by atoms with van der Waals surface area (Å²) in [5, 5.41) is 11.5. The van der Waals surface area contributed by atoms with Crippen LogP contribution in [0.4, 0.5) is 10.9 Å². The fourth-order valence-electron chi connectivity index (χ4n) is 3.38. The summed E-state index contributed by atoms with van der Waals surface area (Å²) < 4.78 is 5.07. The van der Waals surface area contributed by atoms with Crippen LogP contribution in [0.15, 0.2) is 29.0 Å². The maximum atomic E-state index is 12.4. The molecule has 4 aromatic rings. The van der Waals surface area contributed by atoms with Crippen molar-refractivity contribution in [3.63, 3.8) is 0 Å². The molecule has 10 heteroatoms. The summed E-state index contributed by atoms with van der Waals surface area (Å²) in [6, 6.07) is 5.68. The van der Waals surface area contributed by atoms with E-state index in [1.807, 2.05) is 25.1 Å². The molecule has 0 aliphatic rings. The monoisotopic (exact) mass is 451 g/mol. The van der Waals surface area contributed by atoms with E-state index >= 15 is 0 Å². The Bertz CT molecular complexity index is 1270. The summed E-state index contributed by atoms with van der Waals surface area (Å²) in [6.07, 6.45) is 1.77. The third-order valence-electron chi connectivity index (χ3n) is 4.79. The second kappa shape index (κ2) is 8.62. The van der Waals surface area contributed by atoms with E-state index in [9.17, 15) is 4.79 Å². The molecule has 0 fully saturated rings. The Morgan fingerprint density at radius 2 is 1.97 bits per heavy atom. The largest absolute Gasteiger partial charge is 0.369 e. The van der Waals surface area contributed by atoms with E-state index in [0.717, 1.165) is 22.2 Å². The Balaban J connectivity index is 1.42. The average Bonchev–Trinajstić information content (AvgIpc) is 3.33. The van der Waals surface area contributed by atoms with E-state index < -0.39 is 0 Å². The van der Waals surface area contributed by atoms with E-state index in [0.29, 0.717) is 29.2 Å². The molecule has 0 unspecified atom stereocenters. The van der Waals surface area contributed by atoms with Gasteiger partial charge in [-0.2, -0.15) is 4.98 Å². The zero-order valence-electron chi connectivity index (χ0n) is 18.7. The van der Waals surface area contributed by atoms with Crippen molar-refractivity contribution in [3.05, 3.63) is 41.0 Å². The molecular weight excluding hydrogens is 426 g/mol. The highest BCUT2D eigenvalue weighted by molar-refractivity contribution is 7.16. The number of nitrogens with one attached hydrogen (secondary N) is 2. The van der Waals surface area contributed by atoms with Crippen LogP contribution < -0.4 is 10.6 Å². The minimum absolute atomic E-state index is 0.000592. The molecule has 2 N–H and O–H groups in total. The van der Waals surface area contributed by atoms with Gasteiger partial charge in [-0.1, -0.05) is 25.9 Å². The number of carbonyl (C=O) groups is 1. The highest BCUT2D eigenvalue weighted by atomic mass is 32.1. The lowest BCUT2D eigenvalue weighted by molar-refractivity contribution is -0.115. The smallest absolute Gasteiger partial charge is 0.227 e. The molecule has 0 bridgehead atoms. The summed E-state index contributed by atoms with van der Waals surface area (Å²) >= 11 is 1.52. The topological polar surface area (TPSA) is 119 Å². The normalized spacial score (nSPS) is 11.7. The van der Waals surface area contributed by atoms with E-state index in [1.165, 1.54) is 22.5 Å². The van der Waals surface area contributed by atoms with Crippen molar-refractivity contribution < 1.29 is 9.32 Å². The number of fused-ring (bicyclic) bond motifs is 1. The van der Waals surface area contributed by atoms with Gasteiger partial charge in [-0.05, 0) is 30.5 Å². The van der Waals surface area contributed by atoms with Crippen LogP contribution in [0.25, 0.3) is 22.3 Å². The molecule has 166 valence electrons. The van der Waals surface area contributed by atoms with Gasteiger partial charge in [0.15, 0.2) is 5.13 Å². The number of hydrogen-bond donors (Lipinski definition) is 2. The van der Waals surface area contributed by atoms with E-state index in [2.05, 4.69) is 56.5 Å². The lowest BCUT2D eigenvalue weighted by atomic mass is 9.94. The summed E-state index contributed by atoms with van der Waals surface area (Å²) in [6.45, 7) is 10.6. The second-order valence-electron chi connectivity index (χ2n) is 8.50. The van der Waals surface area contributed by atoms with Gasteiger partial charge in [-0.15, -0.1) is 11.3 Å². The standard InChI is InChI=1S/C22H25N7O2S/c1-12-18(22(3,4)5)32-21(26-12)28-17(30)8-9-23-20-15-10-14(19-27-13(2)31-29-19)6-7-16(15)24-11-25-20/h6-7,10-11H,8-9H2,1-5H3,(H,23,24,25)(H,26,28,30). The first-order valence-electron chi connectivity index (χ1n) is 10.3. The Kier molecular flexibility index (Phi) is 5.88. The van der Waals surface area contributed by atoms with Crippen LogP contribution in [0.3, 0.4) is 0 Å².